The van der Waals surface area contributed by atoms with Crippen molar-refractivity contribution in [1.82, 2.24) is 9.80 Å². The van der Waals surface area contributed by atoms with Crippen LogP contribution in [-0.2, 0) is 4.79 Å². The summed E-state index contributed by atoms with van der Waals surface area (Å²) in [4.78, 5) is 16.0. The Morgan fingerprint density at radius 2 is 2.10 bits per heavy atom. The number of fused-ring (bicyclic) bond motifs is 1. The number of nitrogens with zero attached hydrogens (tertiary/aromatic N) is 2. The van der Waals surface area contributed by atoms with E-state index in [9.17, 15) is 9.90 Å². The molecular weight excluding hydrogens is 256 g/mol. The fourth-order valence-corrected chi connectivity index (χ4v) is 2.55. The molecule has 0 saturated carbocycles. The van der Waals surface area contributed by atoms with Crippen molar-refractivity contribution in [2.24, 2.45) is 0 Å². The first-order valence-corrected chi connectivity index (χ1v) is 7.00. The number of aromatic hydroxyl groups is 1. The van der Waals surface area contributed by atoms with E-state index in [-0.39, 0.29) is 17.7 Å². The molecule has 110 valence electrons. The molecule has 0 saturated heterocycles. The molecule has 1 aromatic carbocycles. The Morgan fingerprint density at radius 1 is 1.40 bits per heavy atom. The molecule has 0 aromatic heterocycles. The standard InChI is InChI=1S/C15H22N2O3/c1-4-17(5-2)15(19)9-16(3)13-10-20-14-8-11(18)6-7-12(13)14/h6-8,13,18H,4-5,9-10H2,1-3H3. The number of carbonyl (C=O) groups excluding carboxylic acids is 1. The summed E-state index contributed by atoms with van der Waals surface area (Å²) in [6.07, 6.45) is 0. The third kappa shape index (κ3) is 2.88. The number of benzene rings is 1. The predicted molar refractivity (Wildman–Crippen MR) is 76.9 cm³/mol. The first kappa shape index (κ1) is 14.7. The van der Waals surface area contributed by atoms with E-state index in [2.05, 4.69) is 0 Å². The molecule has 1 aromatic rings. The summed E-state index contributed by atoms with van der Waals surface area (Å²) in [6, 6.07) is 5.20. The summed E-state index contributed by atoms with van der Waals surface area (Å²) in [6.45, 7) is 6.32. The number of phenols is 1. The average molecular weight is 278 g/mol. The number of amides is 1. The predicted octanol–water partition coefficient (Wildman–Crippen LogP) is 1.63. The smallest absolute Gasteiger partial charge is 0.236 e. The maximum absolute atomic E-state index is 12.1. The Balaban J connectivity index is 2.05. The highest BCUT2D eigenvalue weighted by Crippen LogP contribution is 2.37. The topological polar surface area (TPSA) is 53.0 Å². The van der Waals surface area contributed by atoms with Crippen LogP contribution in [0.3, 0.4) is 0 Å². The van der Waals surface area contributed by atoms with Crippen molar-refractivity contribution in [2.45, 2.75) is 19.9 Å². The Bertz CT molecular complexity index is 486. The van der Waals surface area contributed by atoms with E-state index in [1.807, 2.05) is 36.8 Å². The van der Waals surface area contributed by atoms with Crippen molar-refractivity contribution in [1.29, 1.82) is 0 Å². The molecule has 0 spiro atoms. The minimum absolute atomic E-state index is 0.0603. The lowest BCUT2D eigenvalue weighted by Gasteiger charge is -2.26. The van der Waals surface area contributed by atoms with Gasteiger partial charge in [-0.25, -0.2) is 0 Å². The van der Waals surface area contributed by atoms with Crippen LogP contribution in [0.2, 0.25) is 0 Å². The molecule has 2 rings (SSSR count). The molecule has 1 heterocycles. The van der Waals surface area contributed by atoms with Gasteiger partial charge in [-0.3, -0.25) is 9.69 Å². The van der Waals surface area contributed by atoms with Crippen molar-refractivity contribution in [3.05, 3.63) is 23.8 Å². The van der Waals surface area contributed by atoms with Crippen LogP contribution in [0.25, 0.3) is 0 Å². The molecule has 20 heavy (non-hydrogen) atoms. The van der Waals surface area contributed by atoms with Gasteiger partial charge in [-0.05, 0) is 33.0 Å². The molecule has 0 aliphatic carbocycles. The highest BCUT2D eigenvalue weighted by atomic mass is 16.5. The Kier molecular flexibility index (Phi) is 4.49. The summed E-state index contributed by atoms with van der Waals surface area (Å²) < 4.78 is 5.58. The quantitative estimate of drug-likeness (QED) is 0.889. The number of likely N-dealkylation sites (N-methyl/N-ethyl adjacent to an activating group) is 2. The number of hydrogen-bond acceptors (Lipinski definition) is 4. The summed E-state index contributed by atoms with van der Waals surface area (Å²) >= 11 is 0. The molecule has 5 nitrogen and oxygen atoms in total. The molecule has 0 fully saturated rings. The van der Waals surface area contributed by atoms with E-state index < -0.39 is 0 Å². The molecule has 1 N–H and O–H groups in total. The van der Waals surface area contributed by atoms with Crippen LogP contribution < -0.4 is 4.74 Å². The van der Waals surface area contributed by atoms with Crippen LogP contribution >= 0.6 is 0 Å². The van der Waals surface area contributed by atoms with Gasteiger partial charge in [-0.15, -0.1) is 0 Å². The first-order chi connectivity index (χ1) is 9.56. The van der Waals surface area contributed by atoms with Gasteiger partial charge in [0.1, 0.15) is 18.1 Å². The number of ether oxygens (including phenoxy) is 1. The number of rotatable bonds is 5. The van der Waals surface area contributed by atoms with Gasteiger partial charge in [0.05, 0.1) is 12.6 Å². The van der Waals surface area contributed by atoms with Crippen LogP contribution in [0.4, 0.5) is 0 Å². The molecule has 0 bridgehead atoms. The van der Waals surface area contributed by atoms with Crippen LogP contribution in [-0.4, -0.2) is 54.1 Å². The fraction of sp³-hybridized carbons (Fsp3) is 0.533. The number of carbonyl (C=O) groups is 1. The summed E-state index contributed by atoms with van der Waals surface area (Å²) in [5, 5.41) is 9.45. The minimum atomic E-state index is 0.0603. The van der Waals surface area contributed by atoms with Gasteiger partial charge < -0.3 is 14.7 Å². The summed E-state index contributed by atoms with van der Waals surface area (Å²) in [5.74, 6) is 1.04. The van der Waals surface area contributed by atoms with Crippen LogP contribution in [0.1, 0.15) is 25.5 Å². The highest BCUT2D eigenvalue weighted by molar-refractivity contribution is 5.78. The van der Waals surface area contributed by atoms with Gasteiger partial charge in [-0.1, -0.05) is 0 Å². The van der Waals surface area contributed by atoms with Gasteiger partial charge in [0.15, 0.2) is 0 Å². The number of phenolic OH excluding ortho intramolecular Hbond substituents is 1. The SMILES string of the molecule is CCN(CC)C(=O)CN(C)C1COc2cc(O)ccc21. The van der Waals surface area contributed by atoms with Crippen molar-refractivity contribution < 1.29 is 14.6 Å². The van der Waals surface area contributed by atoms with Crippen molar-refractivity contribution >= 4 is 5.91 Å². The van der Waals surface area contributed by atoms with E-state index in [0.29, 0.717) is 18.9 Å². The Hall–Kier alpha value is -1.75. The van der Waals surface area contributed by atoms with E-state index >= 15 is 0 Å². The highest BCUT2D eigenvalue weighted by Gasteiger charge is 2.29. The lowest BCUT2D eigenvalue weighted by atomic mass is 10.1. The zero-order chi connectivity index (χ0) is 14.7. The van der Waals surface area contributed by atoms with Crippen LogP contribution in [0, 0.1) is 0 Å². The van der Waals surface area contributed by atoms with E-state index in [0.717, 1.165) is 18.7 Å². The van der Waals surface area contributed by atoms with Crippen LogP contribution in [0.15, 0.2) is 18.2 Å². The van der Waals surface area contributed by atoms with E-state index in [4.69, 9.17) is 4.74 Å². The van der Waals surface area contributed by atoms with Crippen LogP contribution in [0.5, 0.6) is 11.5 Å². The summed E-state index contributed by atoms with van der Waals surface area (Å²) in [7, 11) is 1.93. The van der Waals surface area contributed by atoms with Gasteiger partial charge >= 0.3 is 0 Å². The largest absolute Gasteiger partial charge is 0.508 e. The van der Waals surface area contributed by atoms with Gasteiger partial charge in [0, 0.05) is 24.7 Å². The van der Waals surface area contributed by atoms with Crippen molar-refractivity contribution in [2.75, 3.05) is 33.3 Å². The maximum atomic E-state index is 12.1. The molecular formula is C15H22N2O3. The second-order valence-corrected chi connectivity index (χ2v) is 5.03. The molecule has 5 heteroatoms. The molecule has 1 atom stereocenters. The van der Waals surface area contributed by atoms with Gasteiger partial charge in [-0.2, -0.15) is 0 Å². The van der Waals surface area contributed by atoms with E-state index in [1.165, 1.54) is 0 Å². The summed E-state index contributed by atoms with van der Waals surface area (Å²) in [5.41, 5.74) is 1.03. The fourth-order valence-electron chi connectivity index (χ4n) is 2.55. The minimum Gasteiger partial charge on any atom is -0.508 e. The second kappa shape index (κ2) is 6.13. The zero-order valence-electron chi connectivity index (χ0n) is 12.3. The first-order valence-electron chi connectivity index (χ1n) is 7.00. The van der Waals surface area contributed by atoms with Crippen molar-refractivity contribution in [3.8, 4) is 11.5 Å². The second-order valence-electron chi connectivity index (χ2n) is 5.03. The van der Waals surface area contributed by atoms with Crippen molar-refractivity contribution in [3.63, 3.8) is 0 Å². The lowest BCUT2D eigenvalue weighted by Crippen LogP contribution is -2.40. The Labute approximate surface area is 119 Å². The van der Waals surface area contributed by atoms with Gasteiger partial charge in [0.2, 0.25) is 5.91 Å². The van der Waals surface area contributed by atoms with E-state index in [1.54, 1.807) is 12.1 Å². The number of hydrogen-bond donors (Lipinski definition) is 1. The maximum Gasteiger partial charge on any atom is 0.236 e. The zero-order valence-corrected chi connectivity index (χ0v) is 12.3. The molecule has 1 amide bonds. The lowest BCUT2D eigenvalue weighted by molar-refractivity contribution is -0.132. The Morgan fingerprint density at radius 3 is 2.75 bits per heavy atom. The normalized spacial score (nSPS) is 16.9. The third-order valence-corrected chi connectivity index (χ3v) is 3.79. The monoisotopic (exact) mass is 278 g/mol. The molecule has 1 unspecified atom stereocenters. The average Bonchev–Trinajstić information content (AvgIpc) is 2.82. The molecule has 1 aliphatic heterocycles. The third-order valence-electron chi connectivity index (χ3n) is 3.79. The molecule has 0 radical (unpaired) electrons. The molecule has 1 aliphatic rings. The van der Waals surface area contributed by atoms with Gasteiger partial charge in [0.25, 0.3) is 0 Å².